The van der Waals surface area contributed by atoms with E-state index in [2.05, 4.69) is 10.4 Å². The maximum absolute atomic E-state index is 12.9. The van der Waals surface area contributed by atoms with Gasteiger partial charge in [0.1, 0.15) is 0 Å². The number of aryl methyl sites for hydroxylation is 2. The predicted octanol–water partition coefficient (Wildman–Crippen LogP) is 2.13. The second kappa shape index (κ2) is 5.12. The van der Waals surface area contributed by atoms with Gasteiger partial charge in [0.2, 0.25) is 5.97 Å². The molecule has 1 atom stereocenters. The zero-order chi connectivity index (χ0) is 15.0. The summed E-state index contributed by atoms with van der Waals surface area (Å²) in [7, 11) is 1.76. The van der Waals surface area contributed by atoms with Crippen LogP contribution in [0.4, 0.5) is 4.39 Å². The minimum atomic E-state index is -0.930. The van der Waals surface area contributed by atoms with Crippen LogP contribution in [0.5, 0.6) is 0 Å². The zero-order valence-corrected chi connectivity index (χ0v) is 11.6. The van der Waals surface area contributed by atoms with Crippen LogP contribution in [0, 0.1) is 5.41 Å². The summed E-state index contributed by atoms with van der Waals surface area (Å²) >= 11 is 0. The standard InChI is InChI=1S/C15H15FN4O/c1-20-8-11(7-18-20)15(21)19-13-5-3-9-6-10(14(16)17)2-4-12(9)13/h2,4,6-8,13,17H,3,5H2,1H3,(H,19,21)/t13-/m1/s1. The summed E-state index contributed by atoms with van der Waals surface area (Å²) < 4.78 is 14.5. The number of hydrogen-bond acceptors (Lipinski definition) is 3. The smallest absolute Gasteiger partial charge is 0.254 e. The van der Waals surface area contributed by atoms with Crippen molar-refractivity contribution in [2.45, 2.75) is 18.9 Å². The molecule has 0 saturated heterocycles. The molecule has 1 aromatic heterocycles. The van der Waals surface area contributed by atoms with Gasteiger partial charge in [0.25, 0.3) is 5.91 Å². The number of rotatable bonds is 3. The van der Waals surface area contributed by atoms with Crippen molar-refractivity contribution in [3.8, 4) is 0 Å². The van der Waals surface area contributed by atoms with Crippen LogP contribution < -0.4 is 5.32 Å². The van der Waals surface area contributed by atoms with E-state index in [-0.39, 0.29) is 17.5 Å². The minimum Gasteiger partial charge on any atom is -0.345 e. The molecule has 1 aliphatic rings. The van der Waals surface area contributed by atoms with Crippen LogP contribution in [-0.2, 0) is 13.5 Å². The fourth-order valence-corrected chi connectivity index (χ4v) is 2.68. The quantitative estimate of drug-likeness (QED) is 0.849. The second-order valence-corrected chi connectivity index (χ2v) is 5.19. The molecule has 0 fully saturated rings. The number of nitrogens with zero attached hydrogens (tertiary/aromatic N) is 2. The Hall–Kier alpha value is -2.50. The number of amides is 1. The number of halogens is 1. The van der Waals surface area contributed by atoms with Crippen LogP contribution in [0.15, 0.2) is 30.6 Å². The van der Waals surface area contributed by atoms with Crippen molar-refractivity contribution in [2.24, 2.45) is 7.05 Å². The van der Waals surface area contributed by atoms with Gasteiger partial charge in [-0.05, 0) is 30.0 Å². The zero-order valence-electron chi connectivity index (χ0n) is 11.6. The lowest BCUT2D eigenvalue weighted by Crippen LogP contribution is -2.26. The average molecular weight is 286 g/mol. The first-order valence-corrected chi connectivity index (χ1v) is 6.71. The number of hydrogen-bond donors (Lipinski definition) is 2. The van der Waals surface area contributed by atoms with Crippen LogP contribution in [0.1, 0.15) is 39.5 Å². The molecule has 6 heteroatoms. The largest absolute Gasteiger partial charge is 0.345 e. The first-order valence-electron chi connectivity index (χ1n) is 6.71. The van der Waals surface area contributed by atoms with Crippen molar-refractivity contribution in [2.75, 3.05) is 0 Å². The molecule has 3 rings (SSSR count). The molecule has 0 radical (unpaired) electrons. The number of nitrogens with one attached hydrogen (secondary N) is 2. The molecule has 1 heterocycles. The van der Waals surface area contributed by atoms with Crippen molar-refractivity contribution in [3.05, 3.63) is 52.8 Å². The lowest BCUT2D eigenvalue weighted by Gasteiger charge is -2.13. The Morgan fingerprint density at radius 3 is 2.95 bits per heavy atom. The molecular weight excluding hydrogens is 271 g/mol. The highest BCUT2D eigenvalue weighted by molar-refractivity contribution is 5.94. The van der Waals surface area contributed by atoms with Crippen LogP contribution in [0.2, 0.25) is 0 Å². The van der Waals surface area contributed by atoms with E-state index in [0.717, 1.165) is 24.0 Å². The molecule has 0 bridgehead atoms. The number of aromatic nitrogens is 2. The third-order valence-corrected chi connectivity index (χ3v) is 3.75. The van der Waals surface area contributed by atoms with E-state index in [1.165, 1.54) is 6.20 Å². The van der Waals surface area contributed by atoms with E-state index in [9.17, 15) is 9.18 Å². The van der Waals surface area contributed by atoms with Gasteiger partial charge in [-0.25, -0.2) is 0 Å². The molecule has 0 aliphatic heterocycles. The van der Waals surface area contributed by atoms with Gasteiger partial charge in [-0.1, -0.05) is 12.1 Å². The first kappa shape index (κ1) is 13.5. The summed E-state index contributed by atoms with van der Waals surface area (Å²) in [6.45, 7) is 0. The van der Waals surface area contributed by atoms with Gasteiger partial charge in [0.15, 0.2) is 0 Å². The minimum absolute atomic E-state index is 0.0736. The maximum Gasteiger partial charge on any atom is 0.254 e. The monoisotopic (exact) mass is 286 g/mol. The van der Waals surface area contributed by atoms with Crippen molar-refractivity contribution >= 4 is 11.9 Å². The van der Waals surface area contributed by atoms with Gasteiger partial charge >= 0.3 is 0 Å². The lowest BCUT2D eigenvalue weighted by molar-refractivity contribution is 0.0936. The molecule has 108 valence electrons. The number of carbonyl (C=O) groups excluding carboxylic acids is 1. The summed E-state index contributed by atoms with van der Waals surface area (Å²) in [5.74, 6) is -1.09. The summed E-state index contributed by atoms with van der Waals surface area (Å²) in [5, 5.41) is 14.0. The summed E-state index contributed by atoms with van der Waals surface area (Å²) in [4.78, 5) is 12.1. The average Bonchev–Trinajstić information content (AvgIpc) is 3.05. The van der Waals surface area contributed by atoms with E-state index in [0.29, 0.717) is 5.56 Å². The van der Waals surface area contributed by atoms with Gasteiger partial charge in [-0.15, -0.1) is 0 Å². The normalized spacial score (nSPS) is 16.6. The molecule has 5 nitrogen and oxygen atoms in total. The first-order chi connectivity index (χ1) is 10.0. The number of benzene rings is 1. The Balaban J connectivity index is 1.78. The van der Waals surface area contributed by atoms with Gasteiger partial charge in [0.05, 0.1) is 17.8 Å². The maximum atomic E-state index is 12.9. The Morgan fingerprint density at radius 1 is 1.48 bits per heavy atom. The van der Waals surface area contributed by atoms with Crippen molar-refractivity contribution in [1.82, 2.24) is 15.1 Å². The highest BCUT2D eigenvalue weighted by atomic mass is 19.1. The second-order valence-electron chi connectivity index (χ2n) is 5.19. The molecule has 0 saturated carbocycles. The van der Waals surface area contributed by atoms with Crippen LogP contribution in [0.25, 0.3) is 0 Å². The van der Waals surface area contributed by atoms with Crippen LogP contribution >= 0.6 is 0 Å². The molecule has 0 spiro atoms. The molecule has 1 aromatic carbocycles. The number of fused-ring (bicyclic) bond motifs is 1. The predicted molar refractivity (Wildman–Crippen MR) is 76.1 cm³/mol. The molecular formula is C15H15FN4O. The van der Waals surface area contributed by atoms with Gasteiger partial charge in [0, 0.05) is 18.8 Å². The summed E-state index contributed by atoms with van der Waals surface area (Å²) in [5.41, 5.74) is 2.80. The molecule has 1 amide bonds. The number of carbonyl (C=O) groups is 1. The highest BCUT2D eigenvalue weighted by Gasteiger charge is 2.25. The van der Waals surface area contributed by atoms with Crippen molar-refractivity contribution in [1.29, 1.82) is 5.41 Å². The van der Waals surface area contributed by atoms with Crippen LogP contribution in [0.3, 0.4) is 0 Å². The van der Waals surface area contributed by atoms with E-state index in [1.54, 1.807) is 36.1 Å². The van der Waals surface area contributed by atoms with Crippen LogP contribution in [-0.4, -0.2) is 21.7 Å². The Kier molecular flexibility index (Phi) is 3.29. The lowest BCUT2D eigenvalue weighted by atomic mass is 10.0. The Morgan fingerprint density at radius 2 is 2.29 bits per heavy atom. The summed E-state index contributed by atoms with van der Waals surface area (Å²) in [6.07, 6.45) is 4.75. The molecule has 2 N–H and O–H groups in total. The molecule has 2 aromatic rings. The fraction of sp³-hybridized carbons (Fsp3) is 0.267. The Labute approximate surface area is 121 Å². The SMILES string of the molecule is Cn1cc(C(=O)N[C@@H]2CCc3cc(C(=N)F)ccc32)cn1. The third kappa shape index (κ3) is 2.56. The molecule has 21 heavy (non-hydrogen) atoms. The third-order valence-electron chi connectivity index (χ3n) is 3.75. The van der Waals surface area contributed by atoms with E-state index in [1.807, 2.05) is 0 Å². The fourth-order valence-electron chi connectivity index (χ4n) is 2.68. The summed E-state index contributed by atoms with van der Waals surface area (Å²) in [6, 6.07) is 4.99. The topological polar surface area (TPSA) is 70.8 Å². The van der Waals surface area contributed by atoms with E-state index < -0.39 is 5.97 Å². The van der Waals surface area contributed by atoms with Gasteiger partial charge in [-0.2, -0.15) is 9.49 Å². The van der Waals surface area contributed by atoms with E-state index >= 15 is 0 Å². The van der Waals surface area contributed by atoms with E-state index in [4.69, 9.17) is 5.41 Å². The van der Waals surface area contributed by atoms with Crippen molar-refractivity contribution in [3.63, 3.8) is 0 Å². The molecule has 1 aliphatic carbocycles. The van der Waals surface area contributed by atoms with Crippen molar-refractivity contribution < 1.29 is 9.18 Å². The van der Waals surface area contributed by atoms with Gasteiger partial charge < -0.3 is 5.32 Å². The van der Waals surface area contributed by atoms with Gasteiger partial charge in [-0.3, -0.25) is 14.9 Å². The molecule has 0 unspecified atom stereocenters. The highest BCUT2D eigenvalue weighted by Crippen LogP contribution is 2.32. The Bertz CT molecular complexity index is 722.